The van der Waals surface area contributed by atoms with Crippen molar-refractivity contribution in [2.24, 2.45) is 0 Å². The molecule has 0 spiro atoms. The first-order valence-electron chi connectivity index (χ1n) is 5.22. The van der Waals surface area contributed by atoms with Crippen LogP contribution in [0.4, 0.5) is 13.2 Å². The molecule has 96 valence electrons. The molecule has 0 radical (unpaired) electrons. The van der Waals surface area contributed by atoms with Crippen LogP contribution in [0, 0.1) is 6.92 Å². The Morgan fingerprint density at radius 3 is 2.67 bits per heavy atom. The summed E-state index contributed by atoms with van der Waals surface area (Å²) in [5.74, 6) is 0. The molecule has 0 unspecified atom stereocenters. The molecule has 1 heterocycles. The van der Waals surface area contributed by atoms with Crippen molar-refractivity contribution in [2.45, 2.75) is 19.6 Å². The maximum atomic E-state index is 12.8. The van der Waals surface area contributed by atoms with E-state index in [-0.39, 0.29) is 11.0 Å². The summed E-state index contributed by atoms with van der Waals surface area (Å²) in [5.41, 5.74) is 1.03. The van der Waals surface area contributed by atoms with E-state index in [0.29, 0.717) is 0 Å². The Bertz CT molecular complexity index is 561. The third-order valence-corrected chi connectivity index (χ3v) is 3.06. The molecule has 2 rings (SSSR count). The highest BCUT2D eigenvalue weighted by Gasteiger charge is 2.37. The van der Waals surface area contributed by atoms with Gasteiger partial charge in [-0.05, 0) is 28.4 Å². The largest absolute Gasteiger partial charge is 0.434 e. The van der Waals surface area contributed by atoms with Gasteiger partial charge in [0.1, 0.15) is 0 Å². The molecular formula is C12H10BrF3N2. The lowest BCUT2D eigenvalue weighted by atomic mass is 10.1. The Hall–Kier alpha value is -1.30. The Morgan fingerprint density at radius 2 is 2.06 bits per heavy atom. The van der Waals surface area contributed by atoms with E-state index in [1.165, 1.54) is 6.20 Å². The van der Waals surface area contributed by atoms with E-state index in [4.69, 9.17) is 0 Å². The summed E-state index contributed by atoms with van der Waals surface area (Å²) < 4.78 is 39.4. The van der Waals surface area contributed by atoms with E-state index in [1.807, 2.05) is 25.1 Å². The predicted octanol–water partition coefficient (Wildman–Crippen LogP) is 4.02. The summed E-state index contributed by atoms with van der Waals surface area (Å²) in [4.78, 5) is 0. The van der Waals surface area contributed by atoms with Gasteiger partial charge in [-0.3, -0.25) is 4.68 Å². The normalized spacial score (nSPS) is 11.8. The molecule has 0 aliphatic rings. The molecule has 0 atom stereocenters. The topological polar surface area (TPSA) is 17.8 Å². The second kappa shape index (κ2) is 4.76. The van der Waals surface area contributed by atoms with E-state index in [9.17, 15) is 13.2 Å². The highest BCUT2D eigenvalue weighted by atomic mass is 79.9. The van der Waals surface area contributed by atoms with E-state index < -0.39 is 11.9 Å². The third kappa shape index (κ3) is 2.75. The number of hydrogen-bond acceptors (Lipinski definition) is 1. The Kier molecular flexibility index (Phi) is 3.47. The smallest absolute Gasteiger partial charge is 0.255 e. The lowest BCUT2D eigenvalue weighted by Gasteiger charge is -2.11. The highest BCUT2D eigenvalue weighted by Crippen LogP contribution is 2.34. The monoisotopic (exact) mass is 318 g/mol. The summed E-state index contributed by atoms with van der Waals surface area (Å²) in [6.07, 6.45) is -3.25. The fourth-order valence-electron chi connectivity index (χ4n) is 1.75. The van der Waals surface area contributed by atoms with Gasteiger partial charge in [0.05, 0.1) is 17.2 Å². The van der Waals surface area contributed by atoms with Crippen molar-refractivity contribution in [3.8, 4) is 0 Å². The molecule has 1 aromatic heterocycles. The molecule has 0 amide bonds. The van der Waals surface area contributed by atoms with Crippen molar-refractivity contribution in [1.29, 1.82) is 0 Å². The van der Waals surface area contributed by atoms with E-state index in [2.05, 4.69) is 21.0 Å². The molecule has 0 fully saturated rings. The molecule has 6 heteroatoms. The first-order chi connectivity index (χ1) is 8.38. The first-order valence-corrected chi connectivity index (χ1v) is 6.01. The van der Waals surface area contributed by atoms with Crippen molar-refractivity contribution in [3.63, 3.8) is 0 Å². The van der Waals surface area contributed by atoms with Crippen molar-refractivity contribution >= 4 is 15.9 Å². The second-order valence-corrected chi connectivity index (χ2v) is 4.84. The number of halogens is 4. The lowest BCUT2D eigenvalue weighted by molar-refractivity contribution is -0.144. The molecule has 18 heavy (non-hydrogen) atoms. The minimum atomic E-state index is -4.42. The molecule has 0 saturated heterocycles. The zero-order chi connectivity index (χ0) is 13.3. The van der Waals surface area contributed by atoms with E-state index in [1.54, 1.807) is 6.07 Å². The third-order valence-electron chi connectivity index (χ3n) is 2.48. The summed E-state index contributed by atoms with van der Waals surface area (Å²) in [5, 5.41) is 3.76. The summed E-state index contributed by atoms with van der Waals surface area (Å²) >= 11 is 2.88. The number of hydrogen-bond donors (Lipinski definition) is 0. The van der Waals surface area contributed by atoms with E-state index in [0.717, 1.165) is 15.8 Å². The molecule has 0 aliphatic carbocycles. The number of rotatable bonds is 2. The van der Waals surface area contributed by atoms with Crippen LogP contribution in [0.15, 0.2) is 34.9 Å². The van der Waals surface area contributed by atoms with Gasteiger partial charge >= 0.3 is 6.18 Å². The van der Waals surface area contributed by atoms with Gasteiger partial charge in [0, 0.05) is 0 Å². The minimum absolute atomic E-state index is 0.0392. The standard InChI is InChI=1S/C12H10BrF3N2/c1-8-3-2-4-9(5-8)7-18-11(12(14,15)16)10(13)6-17-18/h2-6H,7H2,1H3. The van der Waals surface area contributed by atoms with Gasteiger partial charge < -0.3 is 0 Å². The molecule has 1 aromatic carbocycles. The number of aryl methyl sites for hydroxylation is 1. The molecule has 0 bridgehead atoms. The molecule has 0 N–H and O–H groups in total. The van der Waals surface area contributed by atoms with Gasteiger partial charge in [0.25, 0.3) is 0 Å². The van der Waals surface area contributed by atoms with Crippen LogP contribution in [-0.4, -0.2) is 9.78 Å². The van der Waals surface area contributed by atoms with Crippen LogP contribution in [0.5, 0.6) is 0 Å². The highest BCUT2D eigenvalue weighted by molar-refractivity contribution is 9.10. The van der Waals surface area contributed by atoms with Crippen LogP contribution in [0.3, 0.4) is 0 Å². The quantitative estimate of drug-likeness (QED) is 0.817. The van der Waals surface area contributed by atoms with Crippen molar-refractivity contribution in [1.82, 2.24) is 9.78 Å². The van der Waals surface area contributed by atoms with Gasteiger partial charge in [0.15, 0.2) is 5.69 Å². The number of alkyl halides is 3. The van der Waals surface area contributed by atoms with E-state index >= 15 is 0 Å². The zero-order valence-corrected chi connectivity index (χ0v) is 11.1. The summed E-state index contributed by atoms with van der Waals surface area (Å²) in [6, 6.07) is 7.34. The van der Waals surface area contributed by atoms with Crippen LogP contribution in [0.25, 0.3) is 0 Å². The van der Waals surface area contributed by atoms with Gasteiger partial charge in [-0.15, -0.1) is 0 Å². The Labute approximate surface area is 111 Å². The lowest BCUT2D eigenvalue weighted by Crippen LogP contribution is -2.16. The van der Waals surface area contributed by atoms with Crippen molar-refractivity contribution in [2.75, 3.05) is 0 Å². The molecular weight excluding hydrogens is 309 g/mol. The Balaban J connectivity index is 2.36. The minimum Gasteiger partial charge on any atom is -0.255 e. The summed E-state index contributed by atoms with van der Waals surface area (Å²) in [7, 11) is 0. The van der Waals surface area contributed by atoms with Gasteiger partial charge in [-0.1, -0.05) is 29.8 Å². The van der Waals surface area contributed by atoms with Crippen molar-refractivity contribution < 1.29 is 13.2 Å². The van der Waals surface area contributed by atoms with Gasteiger partial charge in [-0.25, -0.2) is 0 Å². The Morgan fingerprint density at radius 1 is 1.33 bits per heavy atom. The van der Waals surface area contributed by atoms with Crippen LogP contribution < -0.4 is 0 Å². The fraction of sp³-hybridized carbons (Fsp3) is 0.250. The number of aromatic nitrogens is 2. The molecule has 0 aliphatic heterocycles. The van der Waals surface area contributed by atoms with Gasteiger partial charge in [-0.2, -0.15) is 18.3 Å². The maximum absolute atomic E-state index is 12.8. The van der Waals surface area contributed by atoms with Crippen LogP contribution in [0.1, 0.15) is 16.8 Å². The van der Waals surface area contributed by atoms with Crippen LogP contribution in [0.2, 0.25) is 0 Å². The number of nitrogens with zero attached hydrogens (tertiary/aromatic N) is 2. The average molecular weight is 319 g/mol. The van der Waals surface area contributed by atoms with Crippen molar-refractivity contribution in [3.05, 3.63) is 51.8 Å². The second-order valence-electron chi connectivity index (χ2n) is 3.99. The maximum Gasteiger partial charge on any atom is 0.434 e. The molecule has 2 nitrogen and oxygen atoms in total. The fourth-order valence-corrected chi connectivity index (χ4v) is 2.27. The average Bonchev–Trinajstić information content (AvgIpc) is 2.59. The SMILES string of the molecule is Cc1cccc(Cn2ncc(Br)c2C(F)(F)F)c1. The first kappa shape index (κ1) is 13.1. The van der Waals surface area contributed by atoms with Crippen LogP contribution >= 0.6 is 15.9 Å². The molecule has 0 saturated carbocycles. The summed E-state index contributed by atoms with van der Waals surface area (Å²) in [6.45, 7) is 2.00. The predicted molar refractivity (Wildman–Crippen MR) is 65.2 cm³/mol. The molecule has 2 aromatic rings. The van der Waals surface area contributed by atoms with Crippen LogP contribution in [-0.2, 0) is 12.7 Å². The van der Waals surface area contributed by atoms with Gasteiger partial charge in [0.2, 0.25) is 0 Å². The zero-order valence-electron chi connectivity index (χ0n) is 9.50. The number of benzene rings is 1.